The van der Waals surface area contributed by atoms with Gasteiger partial charge in [-0.05, 0) is 53.6 Å². The summed E-state index contributed by atoms with van der Waals surface area (Å²) in [6, 6.07) is 19.5. The largest absolute Gasteiger partial charge is 0.366 e. The minimum Gasteiger partial charge on any atom is -0.366 e. The monoisotopic (exact) mass is 422 g/mol. The summed E-state index contributed by atoms with van der Waals surface area (Å²) in [6.07, 6.45) is 1.06. The van der Waals surface area contributed by atoms with Gasteiger partial charge in [0.05, 0.1) is 4.88 Å². The van der Waals surface area contributed by atoms with Crippen LogP contribution < -0.4 is 16.4 Å². The maximum atomic E-state index is 12.5. The lowest BCUT2D eigenvalue weighted by atomic mass is 9.99. The number of primary amides is 1. The van der Waals surface area contributed by atoms with E-state index in [1.165, 1.54) is 16.0 Å². The van der Waals surface area contributed by atoms with Crippen molar-refractivity contribution in [2.75, 3.05) is 11.9 Å². The fourth-order valence-corrected chi connectivity index (χ4v) is 4.22. The molecule has 156 valence electrons. The Labute approximate surface area is 181 Å². The summed E-state index contributed by atoms with van der Waals surface area (Å²) in [4.78, 5) is 24.9. The molecule has 2 aromatic carbocycles. The van der Waals surface area contributed by atoms with Gasteiger partial charge < -0.3 is 16.4 Å². The average molecular weight is 423 g/mol. The highest BCUT2D eigenvalue weighted by atomic mass is 32.1. The fraction of sp³-hybridized carbons (Fsp3) is 0.250. The highest BCUT2D eigenvalue weighted by molar-refractivity contribution is 7.10. The molecule has 0 aliphatic heterocycles. The molecule has 0 saturated heterocycles. The number of hydrogen-bond acceptors (Lipinski definition) is 3. The second-order valence-corrected chi connectivity index (χ2v) is 8.74. The normalized spacial score (nSPS) is 12.0. The second kappa shape index (κ2) is 10.2. The maximum Gasteiger partial charge on any atom is 0.279 e. The van der Waals surface area contributed by atoms with E-state index in [-0.39, 0.29) is 18.5 Å². The van der Waals surface area contributed by atoms with Crippen LogP contribution in [0.4, 0.5) is 5.69 Å². The van der Waals surface area contributed by atoms with Gasteiger partial charge in [-0.15, -0.1) is 11.3 Å². The third-order valence-corrected chi connectivity index (χ3v) is 5.78. The van der Waals surface area contributed by atoms with Gasteiger partial charge in [0.1, 0.15) is 6.04 Å². The Morgan fingerprint density at radius 1 is 1.03 bits per heavy atom. The van der Waals surface area contributed by atoms with Gasteiger partial charge in [-0.3, -0.25) is 9.59 Å². The number of benzene rings is 2. The van der Waals surface area contributed by atoms with Gasteiger partial charge >= 0.3 is 0 Å². The standard InChI is InChI=1S/C24H27N3O2S/c1-16(2)14-17-5-7-18(8-6-17)23(21-4-3-13-30-21)26-15-22(28)27-20-11-9-19(10-12-20)24(25)29/h3-13,16,23,26H,14-15H2,1-2H3,(H2,25,29)(H,27,28)/p+1/t23-/m1/s1. The number of nitrogens with one attached hydrogen (secondary N) is 1. The number of thiophene rings is 1. The Kier molecular flexibility index (Phi) is 7.38. The Hall–Kier alpha value is -2.96. The molecule has 30 heavy (non-hydrogen) atoms. The minimum absolute atomic E-state index is 0.0705. The van der Waals surface area contributed by atoms with Crippen LogP contribution in [-0.2, 0) is 11.2 Å². The summed E-state index contributed by atoms with van der Waals surface area (Å²) in [7, 11) is 0. The Morgan fingerprint density at radius 2 is 1.73 bits per heavy atom. The molecule has 5 nitrogen and oxygen atoms in total. The lowest BCUT2D eigenvalue weighted by Gasteiger charge is -2.16. The molecule has 0 aliphatic carbocycles. The van der Waals surface area contributed by atoms with Crippen LogP contribution in [0, 0.1) is 5.92 Å². The molecule has 0 aliphatic rings. The molecule has 1 aromatic heterocycles. The first kappa shape index (κ1) is 21.7. The predicted molar refractivity (Wildman–Crippen MR) is 122 cm³/mol. The molecule has 1 heterocycles. The van der Waals surface area contributed by atoms with Crippen molar-refractivity contribution in [1.29, 1.82) is 0 Å². The van der Waals surface area contributed by atoms with Crippen molar-refractivity contribution in [3.05, 3.63) is 87.6 Å². The molecular formula is C24H28N3O2S+. The Morgan fingerprint density at radius 3 is 2.30 bits per heavy atom. The minimum atomic E-state index is -0.487. The van der Waals surface area contributed by atoms with Crippen molar-refractivity contribution in [1.82, 2.24) is 0 Å². The highest BCUT2D eigenvalue weighted by Crippen LogP contribution is 2.23. The number of rotatable bonds is 9. The summed E-state index contributed by atoms with van der Waals surface area (Å²) in [6.45, 7) is 4.72. The van der Waals surface area contributed by atoms with Crippen LogP contribution in [0.15, 0.2) is 66.0 Å². The third-order valence-electron chi connectivity index (χ3n) is 4.82. The van der Waals surface area contributed by atoms with Crippen molar-refractivity contribution in [2.24, 2.45) is 11.7 Å². The van der Waals surface area contributed by atoms with E-state index in [4.69, 9.17) is 5.73 Å². The van der Waals surface area contributed by atoms with E-state index < -0.39 is 5.91 Å². The number of carbonyl (C=O) groups is 2. The first-order chi connectivity index (χ1) is 14.4. The molecule has 1 atom stereocenters. The lowest BCUT2D eigenvalue weighted by Crippen LogP contribution is -2.87. The summed E-state index contributed by atoms with van der Waals surface area (Å²) < 4.78 is 0. The van der Waals surface area contributed by atoms with Crippen molar-refractivity contribution < 1.29 is 14.9 Å². The zero-order valence-electron chi connectivity index (χ0n) is 17.3. The van der Waals surface area contributed by atoms with Gasteiger partial charge in [-0.2, -0.15) is 0 Å². The van der Waals surface area contributed by atoms with Gasteiger partial charge in [0, 0.05) is 16.8 Å². The highest BCUT2D eigenvalue weighted by Gasteiger charge is 2.20. The third kappa shape index (κ3) is 6.02. The van der Waals surface area contributed by atoms with Gasteiger partial charge in [0.2, 0.25) is 5.91 Å². The molecule has 5 N–H and O–H groups in total. The number of nitrogens with two attached hydrogens (primary N) is 2. The van der Waals surface area contributed by atoms with Crippen LogP contribution in [0.1, 0.15) is 46.3 Å². The predicted octanol–water partition coefficient (Wildman–Crippen LogP) is 3.34. The van der Waals surface area contributed by atoms with Crippen LogP contribution in [0.5, 0.6) is 0 Å². The molecule has 0 bridgehead atoms. The van der Waals surface area contributed by atoms with E-state index in [9.17, 15) is 9.59 Å². The van der Waals surface area contributed by atoms with Crippen LogP contribution in [-0.4, -0.2) is 18.4 Å². The van der Waals surface area contributed by atoms with Gasteiger partial charge in [0.25, 0.3) is 5.91 Å². The molecule has 2 amide bonds. The average Bonchev–Trinajstić information content (AvgIpc) is 3.24. The van der Waals surface area contributed by atoms with E-state index in [2.05, 4.69) is 60.2 Å². The molecule has 0 fully saturated rings. The molecule has 0 radical (unpaired) electrons. The van der Waals surface area contributed by atoms with Crippen LogP contribution in [0.25, 0.3) is 0 Å². The fourth-order valence-electron chi connectivity index (χ4n) is 3.37. The van der Waals surface area contributed by atoms with Gasteiger partial charge in [-0.1, -0.05) is 44.2 Å². The molecular weight excluding hydrogens is 394 g/mol. The van der Waals surface area contributed by atoms with E-state index in [1.54, 1.807) is 35.6 Å². The smallest absolute Gasteiger partial charge is 0.279 e. The number of anilines is 1. The first-order valence-corrected chi connectivity index (χ1v) is 11.0. The Bertz CT molecular complexity index is 965. The van der Waals surface area contributed by atoms with E-state index >= 15 is 0 Å². The summed E-state index contributed by atoms with van der Waals surface area (Å²) in [5, 5.41) is 6.98. The molecule has 3 rings (SSSR count). The number of amides is 2. The van der Waals surface area contributed by atoms with Gasteiger partial charge in [-0.25, -0.2) is 0 Å². The van der Waals surface area contributed by atoms with Crippen molar-refractivity contribution in [3.8, 4) is 0 Å². The number of carbonyl (C=O) groups excluding carboxylic acids is 2. The molecule has 0 spiro atoms. The topological polar surface area (TPSA) is 88.8 Å². The lowest BCUT2D eigenvalue weighted by molar-refractivity contribution is -0.675. The SMILES string of the molecule is CC(C)Cc1ccc([C@@H]([NH2+]CC(=O)Nc2ccc(C(N)=O)cc2)c2cccs2)cc1. The molecule has 0 unspecified atom stereocenters. The molecule has 6 heteroatoms. The van der Waals surface area contributed by atoms with Crippen LogP contribution >= 0.6 is 11.3 Å². The van der Waals surface area contributed by atoms with Crippen molar-refractivity contribution in [2.45, 2.75) is 26.3 Å². The summed E-state index contributed by atoms with van der Waals surface area (Å²) in [5.41, 5.74) is 8.82. The van der Waals surface area contributed by atoms with Gasteiger partial charge in [0.15, 0.2) is 6.54 Å². The van der Waals surface area contributed by atoms with Crippen molar-refractivity contribution in [3.63, 3.8) is 0 Å². The molecule has 3 aromatic rings. The van der Waals surface area contributed by atoms with Crippen LogP contribution in [0.3, 0.4) is 0 Å². The zero-order valence-corrected chi connectivity index (χ0v) is 18.1. The van der Waals surface area contributed by atoms with E-state index in [1.807, 2.05) is 6.07 Å². The van der Waals surface area contributed by atoms with E-state index in [0.717, 1.165) is 6.42 Å². The zero-order chi connectivity index (χ0) is 21.5. The quantitative estimate of drug-likeness (QED) is 0.494. The Balaban J connectivity index is 1.65. The molecule has 0 saturated carbocycles. The summed E-state index contributed by atoms with van der Waals surface area (Å²) in [5.74, 6) is 0.0375. The first-order valence-electron chi connectivity index (χ1n) is 10.1. The van der Waals surface area contributed by atoms with Crippen molar-refractivity contribution >= 4 is 28.8 Å². The second-order valence-electron chi connectivity index (χ2n) is 7.76. The summed E-state index contributed by atoms with van der Waals surface area (Å²) >= 11 is 1.69. The number of hydrogen-bond donors (Lipinski definition) is 3. The maximum absolute atomic E-state index is 12.5. The number of quaternary nitrogens is 1. The van der Waals surface area contributed by atoms with E-state index in [0.29, 0.717) is 17.2 Å². The van der Waals surface area contributed by atoms with Crippen LogP contribution in [0.2, 0.25) is 0 Å².